The quantitative estimate of drug-likeness (QED) is 0.551. The summed E-state index contributed by atoms with van der Waals surface area (Å²) < 4.78 is 11.6. The van der Waals surface area contributed by atoms with E-state index in [1.165, 1.54) is 0 Å². The molecule has 0 amide bonds. The first-order valence-electron chi connectivity index (χ1n) is 8.99. The lowest BCUT2D eigenvalue weighted by Crippen LogP contribution is -2.30. The van der Waals surface area contributed by atoms with Crippen molar-refractivity contribution in [2.75, 3.05) is 19.8 Å². The molecule has 0 radical (unpaired) electrons. The van der Waals surface area contributed by atoms with Crippen LogP contribution in [0.4, 0.5) is 0 Å². The third-order valence-electron chi connectivity index (χ3n) is 5.09. The second-order valence-corrected chi connectivity index (χ2v) is 8.79. The normalized spacial score (nSPS) is 23.2. The first-order chi connectivity index (χ1) is 11.8. The number of hydrogen-bond donors (Lipinski definition) is 1. The summed E-state index contributed by atoms with van der Waals surface area (Å²) in [5.74, 6) is -0.130. The number of fused-ring (bicyclic) bond motifs is 1. The average Bonchev–Trinajstić information content (AvgIpc) is 2.53. The molecule has 0 spiro atoms. The first-order valence-corrected chi connectivity index (χ1v) is 10.1. The molecule has 0 saturated carbocycles. The molecule has 138 valence electrons. The summed E-state index contributed by atoms with van der Waals surface area (Å²) in [4.78, 5) is 17.6. The number of nitrogens with zero attached hydrogens (tertiary/aromatic N) is 1. The first kappa shape index (κ1) is 19.0. The van der Waals surface area contributed by atoms with E-state index < -0.39 is 6.10 Å². The van der Waals surface area contributed by atoms with Gasteiger partial charge in [0.1, 0.15) is 0 Å². The van der Waals surface area contributed by atoms with Crippen LogP contribution in [0.2, 0.25) is 0 Å². The van der Waals surface area contributed by atoms with Crippen molar-refractivity contribution in [3.05, 3.63) is 26.1 Å². The van der Waals surface area contributed by atoms with Crippen LogP contribution in [0.1, 0.15) is 79.4 Å². The number of esters is 1. The third-order valence-corrected chi connectivity index (χ3v) is 6.21. The van der Waals surface area contributed by atoms with Crippen LogP contribution in [0.15, 0.2) is 0 Å². The van der Waals surface area contributed by atoms with Gasteiger partial charge in [-0.25, -0.2) is 4.79 Å². The highest BCUT2D eigenvalue weighted by Crippen LogP contribution is 2.44. The number of hydrogen-bond acceptors (Lipinski definition) is 5. The predicted octanol–water partition coefficient (Wildman–Crippen LogP) is 3.76. The van der Waals surface area contributed by atoms with Crippen molar-refractivity contribution in [1.29, 1.82) is 0 Å². The van der Waals surface area contributed by atoms with Gasteiger partial charge in [-0.3, -0.25) is 4.98 Å². The van der Waals surface area contributed by atoms with Crippen molar-refractivity contribution in [2.45, 2.75) is 58.5 Å². The van der Waals surface area contributed by atoms with Gasteiger partial charge in [0.25, 0.3) is 0 Å². The number of rotatable bonds is 3. The Morgan fingerprint density at radius 3 is 2.72 bits per heavy atom. The van der Waals surface area contributed by atoms with Gasteiger partial charge in [-0.15, -0.1) is 0 Å². The van der Waals surface area contributed by atoms with Gasteiger partial charge in [0.05, 0.1) is 24.0 Å². The number of ether oxygens (including phenoxy) is 2. The van der Waals surface area contributed by atoms with E-state index in [2.05, 4.69) is 36.4 Å². The van der Waals surface area contributed by atoms with Crippen LogP contribution in [-0.2, 0) is 15.9 Å². The Kier molecular flexibility index (Phi) is 5.70. The van der Waals surface area contributed by atoms with E-state index in [0.29, 0.717) is 31.8 Å². The third kappa shape index (κ3) is 3.85. The molecule has 2 aliphatic rings. The molecule has 25 heavy (non-hydrogen) atoms. The second kappa shape index (κ2) is 7.48. The Bertz CT molecular complexity index is 668. The highest BCUT2D eigenvalue weighted by molar-refractivity contribution is 14.1. The number of aliphatic hydroxyl groups is 1. The molecule has 2 heterocycles. The van der Waals surface area contributed by atoms with Crippen molar-refractivity contribution >= 4 is 28.6 Å². The molecule has 1 aliphatic carbocycles. The van der Waals surface area contributed by atoms with E-state index in [1.54, 1.807) is 0 Å². The lowest BCUT2D eigenvalue weighted by molar-refractivity contribution is 0.0514. The highest BCUT2D eigenvalue weighted by Gasteiger charge is 2.37. The Labute approximate surface area is 162 Å². The minimum atomic E-state index is -0.588. The van der Waals surface area contributed by atoms with Crippen molar-refractivity contribution in [3.8, 4) is 0 Å². The van der Waals surface area contributed by atoms with Crippen LogP contribution >= 0.6 is 22.6 Å². The molecule has 1 N–H and O–H groups in total. The van der Waals surface area contributed by atoms with Gasteiger partial charge in [0.15, 0.2) is 0 Å². The van der Waals surface area contributed by atoms with Crippen LogP contribution in [0, 0.1) is 8.99 Å². The highest BCUT2D eigenvalue weighted by atomic mass is 127. The van der Waals surface area contributed by atoms with E-state index in [9.17, 15) is 9.90 Å². The molecule has 1 aliphatic heterocycles. The minimum Gasteiger partial charge on any atom is -0.462 e. The molecule has 5 nitrogen and oxygen atoms in total. The minimum absolute atomic E-state index is 0.000880. The van der Waals surface area contributed by atoms with Crippen LogP contribution in [0.5, 0.6) is 0 Å². The number of pyridine rings is 1. The van der Waals surface area contributed by atoms with E-state index >= 15 is 0 Å². The van der Waals surface area contributed by atoms with Gasteiger partial charge in [-0.1, -0.05) is 13.8 Å². The average molecular weight is 459 g/mol. The number of halogens is 1. The topological polar surface area (TPSA) is 68.7 Å². The van der Waals surface area contributed by atoms with Crippen LogP contribution in [-0.4, -0.2) is 35.9 Å². The molecule has 3 rings (SSSR count). The lowest BCUT2D eigenvalue weighted by atomic mass is 9.74. The summed E-state index contributed by atoms with van der Waals surface area (Å²) in [6, 6.07) is 0. The predicted molar refractivity (Wildman–Crippen MR) is 103 cm³/mol. The van der Waals surface area contributed by atoms with Gasteiger partial charge in [-0.2, -0.15) is 0 Å². The van der Waals surface area contributed by atoms with E-state index in [1.807, 2.05) is 6.92 Å². The molecule has 1 atom stereocenters. The standard InChI is InChI=1S/C19H26INO4/c1-4-25-18(23)15-16(20)14-12(9-19(2,3)10-13(14)22)21-17(15)11-5-7-24-8-6-11/h11,13,22H,4-10H2,1-3H3. The zero-order valence-electron chi connectivity index (χ0n) is 15.1. The number of aromatic nitrogens is 1. The zero-order chi connectivity index (χ0) is 18.2. The summed E-state index contributed by atoms with van der Waals surface area (Å²) in [5.41, 5.74) is 3.13. The van der Waals surface area contributed by atoms with E-state index in [-0.39, 0.29) is 17.3 Å². The molecule has 0 aromatic carbocycles. The summed E-state index contributed by atoms with van der Waals surface area (Å²) in [7, 11) is 0. The Balaban J connectivity index is 2.15. The molecular formula is C19H26INO4. The summed E-state index contributed by atoms with van der Waals surface area (Å²) in [6.45, 7) is 7.83. The molecule has 1 unspecified atom stereocenters. The maximum atomic E-state index is 12.7. The molecule has 0 bridgehead atoms. The van der Waals surface area contributed by atoms with Gasteiger partial charge in [0.2, 0.25) is 0 Å². The van der Waals surface area contributed by atoms with Gasteiger partial charge in [0, 0.05) is 34.0 Å². The molecule has 1 fully saturated rings. The maximum Gasteiger partial charge on any atom is 0.341 e. The Morgan fingerprint density at radius 2 is 2.08 bits per heavy atom. The van der Waals surface area contributed by atoms with Gasteiger partial charge >= 0.3 is 5.97 Å². The molecule has 1 aromatic heterocycles. The largest absolute Gasteiger partial charge is 0.462 e. The van der Waals surface area contributed by atoms with E-state index in [0.717, 1.165) is 39.8 Å². The van der Waals surface area contributed by atoms with Crippen molar-refractivity contribution in [3.63, 3.8) is 0 Å². The summed E-state index contributed by atoms with van der Waals surface area (Å²) in [6.07, 6.45) is 2.63. The Morgan fingerprint density at radius 1 is 1.40 bits per heavy atom. The van der Waals surface area contributed by atoms with Gasteiger partial charge in [-0.05, 0) is 60.6 Å². The smallest absolute Gasteiger partial charge is 0.341 e. The van der Waals surface area contributed by atoms with Crippen LogP contribution < -0.4 is 0 Å². The molecular weight excluding hydrogens is 433 g/mol. The van der Waals surface area contributed by atoms with Crippen molar-refractivity contribution in [1.82, 2.24) is 4.98 Å². The SMILES string of the molecule is CCOC(=O)c1c(C2CCOCC2)nc2c(c1I)C(O)CC(C)(C)C2. The second-order valence-electron chi connectivity index (χ2n) is 7.71. The number of aliphatic hydroxyl groups excluding tert-OH is 1. The maximum absolute atomic E-state index is 12.7. The zero-order valence-corrected chi connectivity index (χ0v) is 17.3. The van der Waals surface area contributed by atoms with Crippen molar-refractivity contribution < 1.29 is 19.4 Å². The number of carbonyl (C=O) groups excluding carboxylic acids is 1. The monoisotopic (exact) mass is 459 g/mol. The fourth-order valence-electron chi connectivity index (χ4n) is 3.92. The molecule has 1 saturated heterocycles. The van der Waals surface area contributed by atoms with Crippen LogP contribution in [0.25, 0.3) is 0 Å². The summed E-state index contributed by atoms with van der Waals surface area (Å²) >= 11 is 2.20. The van der Waals surface area contributed by atoms with Gasteiger partial charge < -0.3 is 14.6 Å². The molecule has 6 heteroatoms. The van der Waals surface area contributed by atoms with Crippen LogP contribution in [0.3, 0.4) is 0 Å². The van der Waals surface area contributed by atoms with E-state index in [4.69, 9.17) is 14.5 Å². The number of carbonyl (C=O) groups is 1. The fraction of sp³-hybridized carbons (Fsp3) is 0.684. The lowest BCUT2D eigenvalue weighted by Gasteiger charge is -2.36. The Hall–Kier alpha value is -0.730. The summed E-state index contributed by atoms with van der Waals surface area (Å²) in [5, 5.41) is 10.7. The fourth-order valence-corrected chi connectivity index (χ4v) is 5.09. The molecule has 1 aromatic rings. The van der Waals surface area contributed by atoms with Crippen molar-refractivity contribution in [2.24, 2.45) is 5.41 Å².